The van der Waals surface area contributed by atoms with Crippen LogP contribution in [-0.2, 0) is 13.0 Å². The lowest BCUT2D eigenvalue weighted by molar-refractivity contribution is 0.590. The van der Waals surface area contributed by atoms with Crippen molar-refractivity contribution < 1.29 is 4.39 Å². The largest absolute Gasteiger partial charge is 0.367 e. The predicted octanol–water partition coefficient (Wildman–Crippen LogP) is 2.22. The molecule has 0 spiro atoms. The molecule has 1 aliphatic heterocycles. The maximum Gasteiger partial charge on any atom is 0.161 e. The molecule has 2 aromatic heterocycles. The van der Waals surface area contributed by atoms with Gasteiger partial charge in [-0.05, 0) is 30.2 Å². The fraction of sp³-hybridized carbons (Fsp3) is 0.333. The van der Waals surface area contributed by atoms with E-state index in [-0.39, 0.29) is 5.82 Å². The molecule has 0 amide bonds. The molecule has 3 aromatic rings. The predicted molar refractivity (Wildman–Crippen MR) is 92.7 cm³/mol. The van der Waals surface area contributed by atoms with Crippen LogP contribution in [0.3, 0.4) is 0 Å². The minimum absolute atomic E-state index is 0.192. The highest BCUT2D eigenvalue weighted by molar-refractivity contribution is 5.86. The zero-order chi connectivity index (χ0) is 16.4. The van der Waals surface area contributed by atoms with Crippen LogP contribution in [0.15, 0.2) is 42.9 Å². The normalized spacial score (nSPS) is 15.1. The van der Waals surface area contributed by atoms with Gasteiger partial charge in [-0.25, -0.2) is 14.4 Å². The molecule has 1 fully saturated rings. The van der Waals surface area contributed by atoms with Crippen LogP contribution in [-0.4, -0.2) is 40.7 Å². The summed E-state index contributed by atoms with van der Waals surface area (Å²) in [6, 6.07) is 8.78. The van der Waals surface area contributed by atoms with E-state index in [9.17, 15) is 4.39 Å². The van der Waals surface area contributed by atoms with Crippen LogP contribution in [0.1, 0.15) is 5.56 Å². The van der Waals surface area contributed by atoms with Crippen molar-refractivity contribution in [3.05, 3.63) is 54.2 Å². The smallest absolute Gasteiger partial charge is 0.161 e. The van der Waals surface area contributed by atoms with Crippen LogP contribution >= 0.6 is 0 Å². The van der Waals surface area contributed by atoms with Crippen molar-refractivity contribution in [2.24, 2.45) is 0 Å². The summed E-state index contributed by atoms with van der Waals surface area (Å²) in [5.74, 6) is -0.192. The maximum atomic E-state index is 13.3. The molecule has 0 aliphatic carbocycles. The summed E-state index contributed by atoms with van der Waals surface area (Å²) < 4.78 is 15.4. The first-order valence-electron chi connectivity index (χ1n) is 8.31. The van der Waals surface area contributed by atoms with Gasteiger partial charge in [0.05, 0.1) is 12.0 Å². The summed E-state index contributed by atoms with van der Waals surface area (Å²) in [6.45, 7) is 4.68. The van der Waals surface area contributed by atoms with Gasteiger partial charge in [0.2, 0.25) is 0 Å². The van der Waals surface area contributed by atoms with Gasteiger partial charge in [0.25, 0.3) is 0 Å². The molecule has 6 heteroatoms. The van der Waals surface area contributed by atoms with Gasteiger partial charge < -0.3 is 14.8 Å². The van der Waals surface area contributed by atoms with Gasteiger partial charge in [0.15, 0.2) is 5.65 Å². The molecule has 3 heterocycles. The summed E-state index contributed by atoms with van der Waals surface area (Å²) in [4.78, 5) is 11.5. The Labute approximate surface area is 140 Å². The van der Waals surface area contributed by atoms with E-state index in [1.807, 2.05) is 29.2 Å². The molecule has 0 saturated carbocycles. The van der Waals surface area contributed by atoms with Crippen LogP contribution in [0.4, 0.5) is 10.1 Å². The zero-order valence-corrected chi connectivity index (χ0v) is 13.5. The van der Waals surface area contributed by atoms with Crippen molar-refractivity contribution in [1.82, 2.24) is 19.9 Å². The van der Waals surface area contributed by atoms with Crippen LogP contribution in [0.2, 0.25) is 0 Å². The first-order valence-corrected chi connectivity index (χ1v) is 8.31. The summed E-state index contributed by atoms with van der Waals surface area (Å²) >= 11 is 0. The number of hydrogen-bond acceptors (Lipinski definition) is 4. The van der Waals surface area contributed by atoms with Crippen LogP contribution in [0.25, 0.3) is 11.2 Å². The molecule has 0 atom stereocenters. The highest BCUT2D eigenvalue weighted by Crippen LogP contribution is 2.24. The number of pyridine rings is 1. The van der Waals surface area contributed by atoms with E-state index in [0.29, 0.717) is 0 Å². The first kappa shape index (κ1) is 15.1. The van der Waals surface area contributed by atoms with Gasteiger partial charge in [-0.2, -0.15) is 0 Å². The van der Waals surface area contributed by atoms with E-state index >= 15 is 0 Å². The molecule has 1 N–H and O–H groups in total. The number of hydrogen-bond donors (Lipinski definition) is 1. The second-order valence-electron chi connectivity index (χ2n) is 6.06. The van der Waals surface area contributed by atoms with E-state index in [2.05, 4.69) is 20.2 Å². The van der Waals surface area contributed by atoms with Gasteiger partial charge >= 0.3 is 0 Å². The average Bonchev–Trinajstić information content (AvgIpc) is 3.04. The Kier molecular flexibility index (Phi) is 4.13. The number of imidazole rings is 1. The van der Waals surface area contributed by atoms with Gasteiger partial charge in [-0.1, -0.05) is 12.1 Å². The standard InChI is InChI=1S/C18H20FN5/c19-15-3-1-2-14(12-15)5-9-24-13-22-17-16(4-6-21-18(17)24)23-10-7-20-8-11-23/h1-4,6,12-13,20H,5,7-11H2. The van der Waals surface area contributed by atoms with E-state index in [1.165, 1.54) is 6.07 Å². The monoisotopic (exact) mass is 325 g/mol. The van der Waals surface area contributed by atoms with Crippen LogP contribution in [0, 0.1) is 5.82 Å². The van der Waals surface area contributed by atoms with Gasteiger partial charge in [0.1, 0.15) is 11.3 Å². The van der Waals surface area contributed by atoms with E-state index in [4.69, 9.17) is 0 Å². The maximum absolute atomic E-state index is 13.3. The lowest BCUT2D eigenvalue weighted by Gasteiger charge is -2.29. The molecule has 24 heavy (non-hydrogen) atoms. The number of halogens is 1. The summed E-state index contributed by atoms with van der Waals surface area (Å²) in [6.07, 6.45) is 4.44. The fourth-order valence-electron chi connectivity index (χ4n) is 3.22. The summed E-state index contributed by atoms with van der Waals surface area (Å²) in [5.41, 5.74) is 3.96. The number of nitrogens with zero attached hydrogens (tertiary/aromatic N) is 4. The SMILES string of the molecule is Fc1cccc(CCn2cnc3c(N4CCNCC4)ccnc32)c1. The van der Waals surface area contributed by atoms with Crippen molar-refractivity contribution in [2.75, 3.05) is 31.1 Å². The quantitative estimate of drug-likeness (QED) is 0.799. The van der Waals surface area contributed by atoms with Gasteiger partial charge in [0, 0.05) is 38.9 Å². The molecule has 124 valence electrons. The molecule has 0 unspecified atom stereocenters. The van der Waals surface area contributed by atoms with Crippen LogP contribution in [0.5, 0.6) is 0 Å². The second-order valence-corrected chi connectivity index (χ2v) is 6.06. The highest BCUT2D eigenvalue weighted by atomic mass is 19.1. The van der Waals surface area contributed by atoms with Crippen molar-refractivity contribution >= 4 is 16.9 Å². The van der Waals surface area contributed by atoms with Crippen molar-refractivity contribution in [2.45, 2.75) is 13.0 Å². The number of benzene rings is 1. The molecule has 1 aromatic carbocycles. The minimum atomic E-state index is -0.192. The van der Waals surface area contributed by atoms with E-state index < -0.39 is 0 Å². The Morgan fingerprint density at radius 1 is 1.12 bits per heavy atom. The lowest BCUT2D eigenvalue weighted by Crippen LogP contribution is -2.43. The molecular weight excluding hydrogens is 305 g/mol. The van der Waals surface area contributed by atoms with Crippen molar-refractivity contribution in [3.63, 3.8) is 0 Å². The number of nitrogens with one attached hydrogen (secondary N) is 1. The number of aromatic nitrogens is 3. The molecule has 4 rings (SSSR count). The molecule has 0 radical (unpaired) electrons. The Balaban J connectivity index is 1.58. The summed E-state index contributed by atoms with van der Waals surface area (Å²) in [5, 5.41) is 3.37. The van der Waals surface area contributed by atoms with E-state index in [0.717, 1.165) is 61.6 Å². The van der Waals surface area contributed by atoms with Crippen molar-refractivity contribution in [1.29, 1.82) is 0 Å². The molecule has 0 bridgehead atoms. The Morgan fingerprint density at radius 3 is 2.83 bits per heavy atom. The fourth-order valence-corrected chi connectivity index (χ4v) is 3.22. The lowest BCUT2D eigenvalue weighted by atomic mass is 10.1. The Morgan fingerprint density at radius 2 is 2.00 bits per heavy atom. The molecule has 1 aliphatic rings. The van der Waals surface area contributed by atoms with Gasteiger partial charge in [-0.3, -0.25) is 0 Å². The Bertz CT molecular complexity index is 838. The number of anilines is 1. The number of fused-ring (bicyclic) bond motifs is 1. The van der Waals surface area contributed by atoms with E-state index in [1.54, 1.807) is 12.1 Å². The topological polar surface area (TPSA) is 46.0 Å². The zero-order valence-electron chi connectivity index (χ0n) is 13.5. The van der Waals surface area contributed by atoms with Gasteiger partial charge in [-0.15, -0.1) is 0 Å². The molecule has 5 nitrogen and oxygen atoms in total. The minimum Gasteiger partial charge on any atom is -0.367 e. The molecule has 1 saturated heterocycles. The summed E-state index contributed by atoms with van der Waals surface area (Å²) in [7, 11) is 0. The second kappa shape index (κ2) is 6.57. The third-order valence-corrected chi connectivity index (χ3v) is 4.47. The third-order valence-electron chi connectivity index (χ3n) is 4.47. The number of aryl methyl sites for hydroxylation is 2. The third kappa shape index (κ3) is 2.97. The molecular formula is C18H20FN5. The Hall–Kier alpha value is -2.47. The first-order chi connectivity index (χ1) is 11.8. The average molecular weight is 325 g/mol. The number of rotatable bonds is 4. The number of piperazine rings is 1. The highest BCUT2D eigenvalue weighted by Gasteiger charge is 2.16. The van der Waals surface area contributed by atoms with Crippen molar-refractivity contribution in [3.8, 4) is 0 Å². The van der Waals surface area contributed by atoms with Crippen LogP contribution < -0.4 is 10.2 Å².